The molecule has 1 aliphatic rings. The molecule has 0 bridgehead atoms. The first kappa shape index (κ1) is 21.4. The van der Waals surface area contributed by atoms with Gasteiger partial charge in [0.1, 0.15) is 11.9 Å². The van der Waals surface area contributed by atoms with Crippen LogP contribution >= 0.6 is 0 Å². The molecule has 0 radical (unpaired) electrons. The fourth-order valence-corrected chi connectivity index (χ4v) is 3.08. The number of hydrogen-bond donors (Lipinski definition) is 4. The first-order chi connectivity index (χ1) is 13.5. The molecule has 2 atom stereocenters. The van der Waals surface area contributed by atoms with E-state index in [1.54, 1.807) is 7.05 Å². The molecule has 0 aromatic heterocycles. The number of nitrogens with zero attached hydrogens (tertiary/aromatic N) is 2. The van der Waals surface area contributed by atoms with E-state index in [1.165, 1.54) is 6.42 Å². The van der Waals surface area contributed by atoms with Gasteiger partial charge in [-0.25, -0.2) is 4.79 Å². The number of carboxylic acids is 1. The van der Waals surface area contributed by atoms with Crippen molar-refractivity contribution in [2.24, 2.45) is 15.9 Å². The number of amides is 1. The summed E-state index contributed by atoms with van der Waals surface area (Å²) in [5, 5.41) is 18.1. The van der Waals surface area contributed by atoms with Crippen molar-refractivity contribution < 1.29 is 14.7 Å². The maximum Gasteiger partial charge on any atom is 0.326 e. The van der Waals surface area contributed by atoms with E-state index in [0.29, 0.717) is 12.3 Å². The Morgan fingerprint density at radius 2 is 2.14 bits per heavy atom. The summed E-state index contributed by atoms with van der Waals surface area (Å²) in [7, 11) is 1.75. The summed E-state index contributed by atoms with van der Waals surface area (Å²) in [6.45, 7) is 3.86. The molecule has 2 rings (SSSR count). The molecule has 0 spiro atoms. The van der Waals surface area contributed by atoms with Gasteiger partial charge < -0.3 is 21.1 Å². The highest BCUT2D eigenvalue weighted by atomic mass is 16.4. The Balaban J connectivity index is 1.84. The van der Waals surface area contributed by atoms with Crippen LogP contribution < -0.4 is 16.0 Å². The van der Waals surface area contributed by atoms with Crippen molar-refractivity contribution in [3.63, 3.8) is 0 Å². The fraction of sp³-hybridized carbons (Fsp3) is 0.500. The smallest absolute Gasteiger partial charge is 0.326 e. The lowest BCUT2D eigenvalue weighted by molar-refractivity contribution is -0.140. The van der Waals surface area contributed by atoms with Crippen LogP contribution in [0.4, 0.5) is 5.69 Å². The Morgan fingerprint density at radius 1 is 1.39 bits per heavy atom. The van der Waals surface area contributed by atoms with Crippen molar-refractivity contribution in [1.29, 1.82) is 0 Å². The standard InChI is InChI=1S/C20H29N5O3/c1-14-4-3-10-22-19(14)23-11-9-18(21-2)25-16-7-5-15(6-8-16)12-17(20(27)28)24-13-26/h5-8,13-14,17H,3-4,9-12H2,1-2H3,(H,21,25)(H,22,23)(H,24,26)(H,27,28)/t14?,17-/m0/s1. The lowest BCUT2D eigenvalue weighted by atomic mass is 10.0. The van der Waals surface area contributed by atoms with Crippen LogP contribution in [0.25, 0.3) is 0 Å². The molecule has 0 saturated carbocycles. The number of anilines is 1. The molecule has 152 valence electrons. The topological polar surface area (TPSA) is 115 Å². The Morgan fingerprint density at radius 3 is 2.75 bits per heavy atom. The van der Waals surface area contributed by atoms with Crippen LogP contribution in [0.2, 0.25) is 0 Å². The Labute approximate surface area is 165 Å². The minimum atomic E-state index is -1.06. The van der Waals surface area contributed by atoms with Crippen LogP contribution in [0.5, 0.6) is 0 Å². The lowest BCUT2D eigenvalue weighted by Crippen LogP contribution is -2.37. The van der Waals surface area contributed by atoms with Crippen LogP contribution in [0.1, 0.15) is 31.7 Å². The van der Waals surface area contributed by atoms with E-state index in [9.17, 15) is 9.59 Å². The van der Waals surface area contributed by atoms with Crippen LogP contribution in [-0.2, 0) is 16.0 Å². The van der Waals surface area contributed by atoms with Crippen LogP contribution in [0.15, 0.2) is 34.3 Å². The van der Waals surface area contributed by atoms with Gasteiger partial charge in [-0.1, -0.05) is 19.1 Å². The number of carbonyl (C=O) groups is 2. The van der Waals surface area contributed by atoms with Crippen molar-refractivity contribution in [1.82, 2.24) is 10.6 Å². The number of carboxylic acid groups (broad SMARTS) is 1. The molecule has 0 aliphatic carbocycles. The first-order valence-electron chi connectivity index (χ1n) is 9.55. The summed E-state index contributed by atoms with van der Waals surface area (Å²) in [6.07, 6.45) is 3.72. The maximum absolute atomic E-state index is 11.1. The van der Waals surface area contributed by atoms with Gasteiger partial charge in [0.15, 0.2) is 0 Å². The molecule has 28 heavy (non-hydrogen) atoms. The Bertz CT molecular complexity index is 715. The molecule has 8 heteroatoms. The number of aliphatic carboxylic acids is 1. The number of aliphatic imine (C=N–C) groups is 2. The number of carbonyl (C=O) groups excluding carboxylic acids is 1. The third kappa shape index (κ3) is 6.68. The van der Waals surface area contributed by atoms with Crippen LogP contribution in [0, 0.1) is 5.92 Å². The third-order valence-electron chi connectivity index (χ3n) is 4.73. The minimum absolute atomic E-state index is 0.229. The molecule has 1 aliphatic heterocycles. The second kappa shape index (κ2) is 11.1. The number of rotatable bonds is 9. The largest absolute Gasteiger partial charge is 0.480 e. The highest BCUT2D eigenvalue weighted by molar-refractivity contribution is 5.96. The molecule has 0 fully saturated rings. The fourth-order valence-electron chi connectivity index (χ4n) is 3.08. The predicted molar refractivity (Wildman–Crippen MR) is 111 cm³/mol. The van der Waals surface area contributed by atoms with Gasteiger partial charge in [0.2, 0.25) is 6.41 Å². The normalized spacial score (nSPS) is 18.0. The zero-order valence-electron chi connectivity index (χ0n) is 16.4. The van der Waals surface area contributed by atoms with Gasteiger partial charge in [-0.05, 0) is 30.5 Å². The van der Waals surface area contributed by atoms with E-state index in [1.807, 2.05) is 24.3 Å². The SMILES string of the molecule is CN=C(CCNC1=NCCCC1C)Nc1ccc(C[C@H](NC=O)C(=O)O)cc1. The number of amidine groups is 2. The van der Waals surface area contributed by atoms with E-state index >= 15 is 0 Å². The minimum Gasteiger partial charge on any atom is -0.480 e. The van der Waals surface area contributed by atoms with E-state index in [0.717, 1.165) is 48.9 Å². The Kier molecular flexibility index (Phi) is 8.45. The molecule has 1 unspecified atom stereocenters. The highest BCUT2D eigenvalue weighted by Gasteiger charge is 2.17. The maximum atomic E-state index is 11.1. The average Bonchev–Trinajstić information content (AvgIpc) is 2.69. The molecular formula is C20H29N5O3. The molecule has 1 heterocycles. The summed E-state index contributed by atoms with van der Waals surface area (Å²) < 4.78 is 0. The van der Waals surface area contributed by atoms with E-state index in [2.05, 4.69) is 32.9 Å². The van der Waals surface area contributed by atoms with Gasteiger partial charge in [-0.3, -0.25) is 14.8 Å². The third-order valence-corrected chi connectivity index (χ3v) is 4.73. The van der Waals surface area contributed by atoms with Gasteiger partial charge in [-0.15, -0.1) is 0 Å². The second-order valence-electron chi connectivity index (χ2n) is 6.86. The summed E-state index contributed by atoms with van der Waals surface area (Å²) in [4.78, 5) is 30.5. The zero-order valence-corrected chi connectivity index (χ0v) is 16.4. The molecule has 4 N–H and O–H groups in total. The van der Waals surface area contributed by atoms with Crippen molar-refractivity contribution in [3.8, 4) is 0 Å². The molecule has 1 aromatic carbocycles. The van der Waals surface area contributed by atoms with Gasteiger partial charge in [-0.2, -0.15) is 0 Å². The first-order valence-corrected chi connectivity index (χ1v) is 9.55. The molecular weight excluding hydrogens is 358 g/mol. The summed E-state index contributed by atoms with van der Waals surface area (Å²) >= 11 is 0. The molecule has 1 aromatic rings. The number of benzene rings is 1. The zero-order chi connectivity index (χ0) is 20.4. The molecule has 1 amide bonds. The second-order valence-corrected chi connectivity index (χ2v) is 6.86. The van der Waals surface area contributed by atoms with Crippen molar-refractivity contribution >= 4 is 29.7 Å². The summed E-state index contributed by atoms with van der Waals surface area (Å²) in [6, 6.07) is 6.51. The lowest BCUT2D eigenvalue weighted by Gasteiger charge is -2.21. The van der Waals surface area contributed by atoms with Crippen LogP contribution in [-0.4, -0.2) is 55.3 Å². The Hall–Kier alpha value is -2.90. The van der Waals surface area contributed by atoms with Gasteiger partial charge >= 0.3 is 5.97 Å². The van der Waals surface area contributed by atoms with E-state index in [-0.39, 0.29) is 6.42 Å². The highest BCUT2D eigenvalue weighted by Crippen LogP contribution is 2.13. The molecule has 8 nitrogen and oxygen atoms in total. The van der Waals surface area contributed by atoms with Crippen molar-refractivity contribution in [3.05, 3.63) is 29.8 Å². The average molecular weight is 387 g/mol. The summed E-state index contributed by atoms with van der Waals surface area (Å²) in [5.74, 6) is 1.37. The van der Waals surface area contributed by atoms with E-state index in [4.69, 9.17) is 5.11 Å². The van der Waals surface area contributed by atoms with Gasteiger partial charge in [0, 0.05) is 44.6 Å². The predicted octanol–water partition coefficient (Wildman–Crippen LogP) is 1.68. The molecule has 0 saturated heterocycles. The van der Waals surface area contributed by atoms with Gasteiger partial charge in [0.05, 0.1) is 5.84 Å². The van der Waals surface area contributed by atoms with Crippen molar-refractivity contribution in [2.45, 2.75) is 38.6 Å². The van der Waals surface area contributed by atoms with Crippen molar-refractivity contribution in [2.75, 3.05) is 25.5 Å². The number of nitrogens with one attached hydrogen (secondary N) is 3. The monoisotopic (exact) mass is 387 g/mol. The van der Waals surface area contributed by atoms with Gasteiger partial charge in [0.25, 0.3) is 0 Å². The number of hydrogen-bond acceptors (Lipinski definition) is 5. The summed E-state index contributed by atoms with van der Waals surface area (Å²) in [5.41, 5.74) is 1.70. The van der Waals surface area contributed by atoms with Crippen LogP contribution in [0.3, 0.4) is 0 Å². The van der Waals surface area contributed by atoms with E-state index < -0.39 is 12.0 Å². The quantitative estimate of drug-likeness (QED) is 0.292.